The fourth-order valence-electron chi connectivity index (χ4n) is 1.84. The third kappa shape index (κ3) is 3.83. The molecular formula is C14H15BrO2S. The van der Waals surface area contributed by atoms with Crippen LogP contribution in [0.3, 0.4) is 0 Å². The van der Waals surface area contributed by atoms with Crippen LogP contribution in [-0.4, -0.2) is 18.3 Å². The van der Waals surface area contributed by atoms with Crippen molar-refractivity contribution in [3.8, 4) is 5.75 Å². The zero-order valence-corrected chi connectivity index (χ0v) is 12.5. The van der Waals surface area contributed by atoms with Crippen molar-refractivity contribution in [1.29, 1.82) is 0 Å². The summed E-state index contributed by atoms with van der Waals surface area (Å²) < 4.78 is 6.28. The van der Waals surface area contributed by atoms with E-state index in [1.165, 1.54) is 4.88 Å². The standard InChI is InChI=1S/C14H15BrO2S/c1-17-12-4-2-3-10(8-12)7-11(16)9-13-5-6-14(15)18-13/h2-6,8,11,16H,7,9H2,1H3. The number of hydrogen-bond acceptors (Lipinski definition) is 3. The molecule has 0 radical (unpaired) electrons. The molecule has 0 fully saturated rings. The molecule has 2 rings (SSSR count). The van der Waals surface area contributed by atoms with E-state index in [4.69, 9.17) is 4.74 Å². The van der Waals surface area contributed by atoms with Gasteiger partial charge in [0, 0.05) is 11.3 Å². The first-order chi connectivity index (χ1) is 8.67. The molecule has 96 valence electrons. The van der Waals surface area contributed by atoms with Crippen LogP contribution in [0.2, 0.25) is 0 Å². The van der Waals surface area contributed by atoms with E-state index in [9.17, 15) is 5.11 Å². The average Bonchev–Trinajstić information content (AvgIpc) is 2.74. The quantitative estimate of drug-likeness (QED) is 0.908. The van der Waals surface area contributed by atoms with Crippen molar-refractivity contribution in [3.63, 3.8) is 0 Å². The molecule has 0 amide bonds. The Labute approximate surface area is 119 Å². The Morgan fingerprint density at radius 1 is 1.28 bits per heavy atom. The van der Waals surface area contributed by atoms with Crippen LogP contribution in [0.1, 0.15) is 10.4 Å². The molecule has 1 atom stereocenters. The van der Waals surface area contributed by atoms with E-state index in [0.29, 0.717) is 12.8 Å². The summed E-state index contributed by atoms with van der Waals surface area (Å²) in [6.07, 6.45) is 0.975. The van der Waals surface area contributed by atoms with E-state index in [1.54, 1.807) is 18.4 Å². The van der Waals surface area contributed by atoms with Crippen LogP contribution in [0.25, 0.3) is 0 Å². The van der Waals surface area contributed by atoms with Gasteiger partial charge in [-0.1, -0.05) is 12.1 Å². The maximum atomic E-state index is 10.1. The summed E-state index contributed by atoms with van der Waals surface area (Å²) in [6.45, 7) is 0. The van der Waals surface area contributed by atoms with Crippen LogP contribution in [-0.2, 0) is 12.8 Å². The molecule has 18 heavy (non-hydrogen) atoms. The van der Waals surface area contributed by atoms with Crippen LogP contribution >= 0.6 is 27.3 Å². The molecule has 0 aliphatic carbocycles. The number of hydrogen-bond donors (Lipinski definition) is 1. The zero-order valence-electron chi connectivity index (χ0n) is 10.1. The molecule has 1 heterocycles. The second-order valence-electron chi connectivity index (χ2n) is 4.12. The van der Waals surface area contributed by atoms with Gasteiger partial charge in [-0.15, -0.1) is 11.3 Å². The lowest BCUT2D eigenvalue weighted by Gasteiger charge is -2.10. The van der Waals surface area contributed by atoms with Crippen LogP contribution < -0.4 is 4.74 Å². The first kappa shape index (κ1) is 13.6. The van der Waals surface area contributed by atoms with Gasteiger partial charge >= 0.3 is 0 Å². The van der Waals surface area contributed by atoms with Crippen molar-refractivity contribution in [3.05, 3.63) is 50.6 Å². The van der Waals surface area contributed by atoms with Gasteiger partial charge in [0.25, 0.3) is 0 Å². The number of ether oxygens (including phenoxy) is 1. The number of benzene rings is 1. The number of aliphatic hydroxyl groups is 1. The maximum absolute atomic E-state index is 10.1. The molecule has 0 saturated carbocycles. The summed E-state index contributed by atoms with van der Waals surface area (Å²) in [5, 5.41) is 10.1. The Bertz CT molecular complexity index is 510. The van der Waals surface area contributed by atoms with Crippen molar-refractivity contribution in [2.75, 3.05) is 7.11 Å². The highest BCUT2D eigenvalue weighted by Crippen LogP contribution is 2.24. The zero-order chi connectivity index (χ0) is 13.0. The molecule has 2 aromatic rings. The predicted octanol–water partition coefficient (Wildman–Crippen LogP) is 3.67. The molecule has 1 aromatic heterocycles. The fraction of sp³-hybridized carbons (Fsp3) is 0.286. The van der Waals surface area contributed by atoms with E-state index in [-0.39, 0.29) is 6.10 Å². The van der Waals surface area contributed by atoms with Gasteiger partial charge in [0.15, 0.2) is 0 Å². The molecule has 0 bridgehead atoms. The Morgan fingerprint density at radius 3 is 2.78 bits per heavy atom. The van der Waals surface area contributed by atoms with Crippen molar-refractivity contribution >= 4 is 27.3 Å². The molecule has 0 spiro atoms. The topological polar surface area (TPSA) is 29.5 Å². The van der Waals surface area contributed by atoms with Crippen LogP contribution in [0.4, 0.5) is 0 Å². The smallest absolute Gasteiger partial charge is 0.119 e. The van der Waals surface area contributed by atoms with E-state index in [2.05, 4.69) is 15.9 Å². The molecule has 0 aliphatic heterocycles. The van der Waals surface area contributed by atoms with E-state index in [0.717, 1.165) is 15.1 Å². The van der Waals surface area contributed by atoms with Gasteiger partial charge in [0.05, 0.1) is 17.0 Å². The lowest BCUT2D eigenvalue weighted by molar-refractivity contribution is 0.176. The van der Waals surface area contributed by atoms with Gasteiger partial charge in [0.2, 0.25) is 0 Å². The highest BCUT2D eigenvalue weighted by molar-refractivity contribution is 9.11. The first-order valence-corrected chi connectivity index (χ1v) is 7.33. The Balaban J connectivity index is 1.96. The summed E-state index contributed by atoms with van der Waals surface area (Å²) in [4.78, 5) is 1.19. The fourth-order valence-corrected chi connectivity index (χ4v) is 3.39. The lowest BCUT2D eigenvalue weighted by Crippen LogP contribution is -2.13. The SMILES string of the molecule is COc1cccc(CC(O)Cc2ccc(Br)s2)c1. The average molecular weight is 327 g/mol. The summed E-state index contributed by atoms with van der Waals surface area (Å²) >= 11 is 5.09. The molecule has 1 N–H and O–H groups in total. The third-order valence-corrected chi connectivity index (χ3v) is 4.32. The van der Waals surface area contributed by atoms with Crippen LogP contribution in [0.15, 0.2) is 40.2 Å². The molecular weight excluding hydrogens is 312 g/mol. The van der Waals surface area contributed by atoms with Gasteiger partial charge in [-0.3, -0.25) is 0 Å². The molecule has 1 aromatic carbocycles. The number of aliphatic hydroxyl groups excluding tert-OH is 1. The van der Waals surface area contributed by atoms with Crippen LogP contribution in [0.5, 0.6) is 5.75 Å². The van der Waals surface area contributed by atoms with Gasteiger partial charge in [-0.2, -0.15) is 0 Å². The molecule has 2 nitrogen and oxygen atoms in total. The molecule has 1 unspecified atom stereocenters. The number of thiophene rings is 1. The highest BCUT2D eigenvalue weighted by atomic mass is 79.9. The third-order valence-electron chi connectivity index (χ3n) is 2.67. The van der Waals surface area contributed by atoms with Crippen LogP contribution in [0, 0.1) is 0 Å². The number of methoxy groups -OCH3 is 1. The maximum Gasteiger partial charge on any atom is 0.119 e. The molecule has 0 saturated heterocycles. The minimum atomic E-state index is -0.359. The monoisotopic (exact) mass is 326 g/mol. The molecule has 4 heteroatoms. The Kier molecular flexibility index (Phi) is 4.80. The van der Waals surface area contributed by atoms with Gasteiger partial charge in [-0.05, 0) is 52.2 Å². The second-order valence-corrected chi connectivity index (χ2v) is 6.67. The Hall–Kier alpha value is -0.840. The molecule has 0 aliphatic rings. The van der Waals surface area contributed by atoms with Crippen molar-refractivity contribution in [2.24, 2.45) is 0 Å². The van der Waals surface area contributed by atoms with Crippen molar-refractivity contribution in [1.82, 2.24) is 0 Å². The highest BCUT2D eigenvalue weighted by Gasteiger charge is 2.09. The second kappa shape index (κ2) is 6.36. The summed E-state index contributed by atoms with van der Waals surface area (Å²) in [7, 11) is 1.65. The van der Waals surface area contributed by atoms with E-state index >= 15 is 0 Å². The van der Waals surface area contributed by atoms with Crippen molar-refractivity contribution < 1.29 is 9.84 Å². The summed E-state index contributed by atoms with van der Waals surface area (Å²) in [5.74, 6) is 0.832. The number of halogens is 1. The number of rotatable bonds is 5. The normalized spacial score (nSPS) is 12.4. The summed E-state index contributed by atoms with van der Waals surface area (Å²) in [6, 6.07) is 11.9. The first-order valence-electron chi connectivity index (χ1n) is 5.72. The van der Waals surface area contributed by atoms with E-state index in [1.807, 2.05) is 36.4 Å². The minimum absolute atomic E-state index is 0.359. The minimum Gasteiger partial charge on any atom is -0.497 e. The largest absolute Gasteiger partial charge is 0.497 e. The predicted molar refractivity (Wildman–Crippen MR) is 78.4 cm³/mol. The van der Waals surface area contributed by atoms with Gasteiger partial charge < -0.3 is 9.84 Å². The van der Waals surface area contributed by atoms with Gasteiger partial charge in [0.1, 0.15) is 5.75 Å². The Morgan fingerprint density at radius 2 is 2.11 bits per heavy atom. The van der Waals surface area contributed by atoms with Gasteiger partial charge in [-0.25, -0.2) is 0 Å². The lowest BCUT2D eigenvalue weighted by atomic mass is 10.0. The van der Waals surface area contributed by atoms with Crippen molar-refractivity contribution in [2.45, 2.75) is 18.9 Å². The van der Waals surface area contributed by atoms with E-state index < -0.39 is 0 Å². The summed E-state index contributed by atoms with van der Waals surface area (Å²) in [5.41, 5.74) is 1.09.